The molecule has 1 unspecified atom stereocenters. The molecule has 28 heavy (non-hydrogen) atoms. The Bertz CT molecular complexity index is 563. The maximum Gasteiger partial charge on any atom is 1.00 e. The minimum atomic E-state index is -4.99. The van der Waals surface area contributed by atoms with Gasteiger partial charge in [0.25, 0.3) is 10.1 Å². The summed E-state index contributed by atoms with van der Waals surface area (Å²) in [6.07, 6.45) is 9.67. The number of ether oxygens (including phenoxy) is 1. The summed E-state index contributed by atoms with van der Waals surface area (Å²) in [5.74, 6) is -3.03. The van der Waals surface area contributed by atoms with Crippen molar-refractivity contribution in [3.05, 3.63) is 12.7 Å². The van der Waals surface area contributed by atoms with E-state index in [4.69, 9.17) is 4.74 Å². The smallest absolute Gasteiger partial charge is 0.550 e. The fourth-order valence-corrected chi connectivity index (χ4v) is 3.96. The Labute approximate surface area is 211 Å². The van der Waals surface area contributed by atoms with Crippen molar-refractivity contribution < 1.29 is 83.8 Å². The van der Waals surface area contributed by atoms with Gasteiger partial charge in [0.1, 0.15) is 6.61 Å². The van der Waals surface area contributed by atoms with E-state index in [2.05, 4.69) is 13.5 Å². The Hall–Kier alpha value is 0.226. The first kappa shape index (κ1) is 30.4. The first-order valence-corrected chi connectivity index (χ1v) is 11.1. The van der Waals surface area contributed by atoms with Gasteiger partial charge in [0.2, 0.25) is 0 Å². The molecular weight excluding hydrogens is 411 g/mol. The first-order valence-electron chi connectivity index (χ1n) is 9.66. The van der Waals surface area contributed by atoms with E-state index >= 15 is 0 Å². The van der Waals surface area contributed by atoms with Crippen molar-refractivity contribution in [2.45, 2.75) is 88.7 Å². The molecule has 0 heterocycles. The summed E-state index contributed by atoms with van der Waals surface area (Å²) in [5, 5.41) is 11.0. The van der Waals surface area contributed by atoms with E-state index in [1.54, 1.807) is 0 Å². The molecule has 9 heteroatoms. The van der Waals surface area contributed by atoms with Crippen molar-refractivity contribution in [3.8, 4) is 0 Å². The second-order valence-electron chi connectivity index (χ2n) is 6.84. The molecule has 0 aromatic carbocycles. The summed E-state index contributed by atoms with van der Waals surface area (Å²) in [5.41, 5.74) is 0. The Kier molecular flexibility index (Phi) is 18.4. The summed E-state index contributed by atoms with van der Waals surface area (Å²) in [4.78, 5) is 23.2. The SMILES string of the molecule is C=CCOC(=O)C(CCCCCCCCCCCC)(CC(=O)[O-])S(=O)(=O)O.[K+]. The van der Waals surface area contributed by atoms with E-state index < -0.39 is 33.2 Å². The molecule has 1 atom stereocenters. The van der Waals surface area contributed by atoms with Gasteiger partial charge in [-0.15, -0.1) is 0 Å². The molecule has 0 spiro atoms. The molecule has 0 aliphatic heterocycles. The molecule has 0 aromatic rings. The third-order valence-corrected chi connectivity index (χ3v) is 6.06. The number of hydrogen-bond donors (Lipinski definition) is 1. The second kappa shape index (κ2) is 17.0. The molecule has 0 aliphatic carbocycles. The molecule has 0 saturated heterocycles. The first-order chi connectivity index (χ1) is 12.7. The van der Waals surface area contributed by atoms with Crippen LogP contribution in [-0.4, -0.2) is 36.3 Å². The second-order valence-corrected chi connectivity index (χ2v) is 8.57. The zero-order valence-electron chi connectivity index (χ0n) is 17.3. The van der Waals surface area contributed by atoms with Crippen LogP contribution in [0.2, 0.25) is 0 Å². The van der Waals surface area contributed by atoms with Crippen molar-refractivity contribution in [3.63, 3.8) is 0 Å². The zero-order valence-corrected chi connectivity index (χ0v) is 21.2. The van der Waals surface area contributed by atoms with E-state index in [1.165, 1.54) is 31.8 Å². The Morgan fingerprint density at radius 1 is 1.04 bits per heavy atom. The third kappa shape index (κ3) is 12.0. The fourth-order valence-electron chi connectivity index (χ4n) is 2.99. The summed E-state index contributed by atoms with van der Waals surface area (Å²) in [6, 6.07) is 0. The molecular formula is C19H33KO7S. The van der Waals surface area contributed by atoms with Crippen LogP contribution in [0.15, 0.2) is 12.7 Å². The summed E-state index contributed by atoms with van der Waals surface area (Å²) >= 11 is 0. The fraction of sp³-hybridized carbons (Fsp3) is 0.789. The molecule has 0 amide bonds. The van der Waals surface area contributed by atoms with E-state index in [9.17, 15) is 27.7 Å². The van der Waals surface area contributed by atoms with Crippen molar-refractivity contribution in [1.29, 1.82) is 0 Å². The molecule has 1 N–H and O–H groups in total. The molecule has 0 fully saturated rings. The molecule has 0 rings (SSSR count). The van der Waals surface area contributed by atoms with Crippen LogP contribution in [0.3, 0.4) is 0 Å². The van der Waals surface area contributed by atoms with Crippen LogP contribution in [0.1, 0.15) is 84.0 Å². The maximum atomic E-state index is 12.2. The van der Waals surface area contributed by atoms with Crippen LogP contribution in [-0.2, 0) is 24.4 Å². The van der Waals surface area contributed by atoms with Gasteiger partial charge >= 0.3 is 57.4 Å². The number of esters is 1. The summed E-state index contributed by atoms with van der Waals surface area (Å²) in [6.45, 7) is 5.24. The van der Waals surface area contributed by atoms with E-state index in [0.717, 1.165) is 25.7 Å². The van der Waals surface area contributed by atoms with Crippen molar-refractivity contribution in [2.75, 3.05) is 6.61 Å². The number of rotatable bonds is 17. The minimum absolute atomic E-state index is 0. The van der Waals surface area contributed by atoms with Crippen molar-refractivity contribution in [1.82, 2.24) is 0 Å². The quantitative estimate of drug-likeness (QED) is 0.108. The van der Waals surface area contributed by atoms with Crippen LogP contribution in [0.4, 0.5) is 0 Å². The number of carbonyl (C=O) groups is 2. The van der Waals surface area contributed by atoms with Gasteiger partial charge < -0.3 is 14.6 Å². The van der Waals surface area contributed by atoms with Crippen LogP contribution in [0, 0.1) is 0 Å². The monoisotopic (exact) mass is 444 g/mol. The van der Waals surface area contributed by atoms with Crippen LogP contribution in [0.25, 0.3) is 0 Å². The van der Waals surface area contributed by atoms with Gasteiger partial charge in [-0.3, -0.25) is 9.35 Å². The van der Waals surface area contributed by atoms with Gasteiger partial charge in [-0.2, -0.15) is 8.42 Å². The zero-order chi connectivity index (χ0) is 20.8. The minimum Gasteiger partial charge on any atom is -0.550 e. The summed E-state index contributed by atoms with van der Waals surface area (Å²) < 4.78 is 35.4. The molecule has 0 saturated carbocycles. The van der Waals surface area contributed by atoms with Crippen LogP contribution >= 0.6 is 0 Å². The maximum absolute atomic E-state index is 12.2. The third-order valence-electron chi connectivity index (χ3n) is 4.56. The van der Waals surface area contributed by atoms with Gasteiger partial charge in [-0.05, 0) is 6.42 Å². The number of carboxylic acids is 1. The number of unbranched alkanes of at least 4 members (excludes halogenated alkanes) is 9. The average Bonchev–Trinajstić information content (AvgIpc) is 2.58. The van der Waals surface area contributed by atoms with Crippen molar-refractivity contribution in [2.24, 2.45) is 0 Å². The predicted molar refractivity (Wildman–Crippen MR) is 102 cm³/mol. The summed E-state index contributed by atoms with van der Waals surface area (Å²) in [7, 11) is -4.99. The van der Waals surface area contributed by atoms with Gasteiger partial charge in [-0.25, -0.2) is 0 Å². The molecule has 158 valence electrons. The molecule has 0 aliphatic rings. The Morgan fingerprint density at radius 3 is 1.89 bits per heavy atom. The van der Waals surface area contributed by atoms with E-state index in [1.807, 2.05) is 0 Å². The van der Waals surface area contributed by atoms with E-state index in [0.29, 0.717) is 6.42 Å². The average molecular weight is 445 g/mol. The molecule has 0 aromatic heterocycles. The van der Waals surface area contributed by atoms with Gasteiger partial charge in [0.15, 0.2) is 4.75 Å². The van der Waals surface area contributed by atoms with Crippen LogP contribution in [0.5, 0.6) is 0 Å². The number of carboxylic acid groups (broad SMARTS) is 1. The molecule has 0 radical (unpaired) electrons. The largest absolute Gasteiger partial charge is 1.00 e. The van der Waals surface area contributed by atoms with Crippen molar-refractivity contribution >= 4 is 22.1 Å². The van der Waals surface area contributed by atoms with Gasteiger partial charge in [0.05, 0.1) is 0 Å². The Balaban J connectivity index is 0. The normalized spacial score (nSPS) is 13.2. The van der Waals surface area contributed by atoms with E-state index in [-0.39, 0.29) is 70.8 Å². The molecule has 0 bridgehead atoms. The van der Waals surface area contributed by atoms with Crippen LogP contribution < -0.4 is 56.5 Å². The topological polar surface area (TPSA) is 121 Å². The molecule has 7 nitrogen and oxygen atoms in total. The van der Waals surface area contributed by atoms with Gasteiger partial charge in [0, 0.05) is 12.4 Å². The van der Waals surface area contributed by atoms with Gasteiger partial charge in [-0.1, -0.05) is 83.8 Å². The number of carbonyl (C=O) groups excluding carboxylic acids is 2. The predicted octanol–water partition coefficient (Wildman–Crippen LogP) is -0.203. The Morgan fingerprint density at radius 2 is 1.50 bits per heavy atom. The number of hydrogen-bond acceptors (Lipinski definition) is 6. The number of aliphatic carboxylic acids is 1. The standard InChI is InChI=1S/C19H34O7S.K/c1-3-5-6-7-8-9-10-11-12-13-14-19(16-17(20)21,27(23,24)25)18(22)26-15-4-2;/h4H,2-3,5-16H2,1H3,(H,20,21)(H,23,24,25);/q;+1/p-1.